The molecule has 1 N–H and O–H groups in total. The maximum Gasteiger partial charge on any atom is 0.246 e. The second kappa shape index (κ2) is 8.64. The molecule has 3 aromatic carbocycles. The highest BCUT2D eigenvalue weighted by molar-refractivity contribution is 7.89. The molecule has 0 atom stereocenters. The van der Waals surface area contributed by atoms with Crippen LogP contribution in [0, 0.1) is 0 Å². The van der Waals surface area contributed by atoms with Crippen molar-refractivity contribution in [2.24, 2.45) is 0 Å². The average molecular weight is 453 g/mol. The van der Waals surface area contributed by atoms with Gasteiger partial charge in [-0.05, 0) is 37.3 Å². The number of para-hydroxylation sites is 2. The summed E-state index contributed by atoms with van der Waals surface area (Å²) in [6.07, 6.45) is 0. The Morgan fingerprint density at radius 1 is 1.00 bits per heavy atom. The van der Waals surface area contributed by atoms with Crippen LogP contribution in [0.2, 0.25) is 0 Å². The predicted octanol–water partition coefficient (Wildman–Crippen LogP) is 4.21. The van der Waals surface area contributed by atoms with E-state index in [4.69, 9.17) is 9.47 Å². The number of hydrogen-bond donors (Lipinski definition) is 1. The second-order valence-corrected chi connectivity index (χ2v) is 9.60. The van der Waals surface area contributed by atoms with Crippen LogP contribution in [0.25, 0.3) is 0 Å². The summed E-state index contributed by atoms with van der Waals surface area (Å²) in [5.74, 6) is 0.589. The van der Waals surface area contributed by atoms with Gasteiger partial charge in [-0.15, -0.1) is 0 Å². The summed E-state index contributed by atoms with van der Waals surface area (Å²) in [7, 11) is -0.872. The summed E-state index contributed by atoms with van der Waals surface area (Å²) in [6.45, 7) is 2.10. The van der Waals surface area contributed by atoms with Crippen LogP contribution in [0.4, 0.5) is 5.69 Å². The lowest BCUT2D eigenvalue weighted by Crippen LogP contribution is -2.26. The molecular weight excluding hydrogens is 428 g/mol. The summed E-state index contributed by atoms with van der Waals surface area (Å²) in [6, 6.07) is 19.4. The summed E-state index contributed by atoms with van der Waals surface area (Å²) >= 11 is 0. The highest BCUT2D eigenvalue weighted by Crippen LogP contribution is 2.44. The normalized spacial score (nSPS) is 13.1. The Kier molecular flexibility index (Phi) is 5.90. The number of ether oxygens (including phenoxy) is 2. The number of fused-ring (bicyclic) bond motifs is 2. The Morgan fingerprint density at radius 2 is 1.59 bits per heavy atom. The summed E-state index contributed by atoms with van der Waals surface area (Å²) in [5, 5.41) is 2.88. The minimum Gasteiger partial charge on any atom is -0.492 e. The number of rotatable bonds is 6. The number of sulfonamides is 1. The van der Waals surface area contributed by atoms with Crippen LogP contribution in [-0.2, 0) is 14.8 Å². The number of benzene rings is 3. The van der Waals surface area contributed by atoms with E-state index in [0.717, 1.165) is 15.4 Å². The molecule has 32 heavy (non-hydrogen) atoms. The van der Waals surface area contributed by atoms with E-state index in [-0.39, 0.29) is 16.6 Å². The largest absolute Gasteiger partial charge is 0.492 e. The molecule has 0 saturated heterocycles. The van der Waals surface area contributed by atoms with E-state index in [1.807, 2.05) is 48.5 Å². The Bertz CT molecular complexity index is 1230. The van der Waals surface area contributed by atoms with Crippen LogP contribution in [0.3, 0.4) is 0 Å². The van der Waals surface area contributed by atoms with Crippen LogP contribution < -0.4 is 14.8 Å². The van der Waals surface area contributed by atoms with Gasteiger partial charge in [-0.25, -0.2) is 12.7 Å². The van der Waals surface area contributed by atoms with Gasteiger partial charge in [0.15, 0.2) is 0 Å². The van der Waals surface area contributed by atoms with Crippen LogP contribution in [0.5, 0.6) is 17.2 Å². The lowest BCUT2D eigenvalue weighted by atomic mass is 9.87. The Morgan fingerprint density at radius 3 is 2.16 bits per heavy atom. The fourth-order valence-electron chi connectivity index (χ4n) is 3.67. The molecule has 1 aliphatic heterocycles. The van der Waals surface area contributed by atoms with E-state index < -0.39 is 15.9 Å². The molecule has 7 nitrogen and oxygen atoms in total. The Balaban J connectivity index is 1.73. The van der Waals surface area contributed by atoms with Gasteiger partial charge in [-0.1, -0.05) is 36.4 Å². The molecule has 1 aliphatic rings. The fraction of sp³-hybridized carbons (Fsp3) is 0.208. The molecule has 0 radical (unpaired) electrons. The molecular formula is C24H24N2O5S. The first-order chi connectivity index (χ1) is 15.3. The van der Waals surface area contributed by atoms with Gasteiger partial charge in [0.05, 0.1) is 12.5 Å². The third kappa shape index (κ3) is 3.94. The topological polar surface area (TPSA) is 84.9 Å². The van der Waals surface area contributed by atoms with Crippen molar-refractivity contribution in [3.8, 4) is 17.2 Å². The van der Waals surface area contributed by atoms with Crippen molar-refractivity contribution >= 4 is 21.6 Å². The molecule has 4 rings (SSSR count). The van der Waals surface area contributed by atoms with E-state index in [1.54, 1.807) is 19.1 Å². The Labute approximate surface area is 187 Å². The van der Waals surface area contributed by atoms with Crippen LogP contribution in [0.15, 0.2) is 71.6 Å². The van der Waals surface area contributed by atoms with Gasteiger partial charge in [0.1, 0.15) is 22.1 Å². The fourth-order valence-corrected chi connectivity index (χ4v) is 4.72. The van der Waals surface area contributed by atoms with Gasteiger partial charge in [0.25, 0.3) is 0 Å². The minimum absolute atomic E-state index is 0.00470. The van der Waals surface area contributed by atoms with E-state index in [1.165, 1.54) is 20.2 Å². The molecule has 8 heteroatoms. The maximum atomic E-state index is 13.4. The molecule has 0 saturated carbocycles. The number of nitrogens with one attached hydrogen (secondary N) is 1. The van der Waals surface area contributed by atoms with Gasteiger partial charge in [-0.2, -0.15) is 0 Å². The molecule has 166 valence electrons. The van der Waals surface area contributed by atoms with Crippen molar-refractivity contribution in [3.63, 3.8) is 0 Å². The van der Waals surface area contributed by atoms with Crippen molar-refractivity contribution in [1.29, 1.82) is 0 Å². The zero-order chi connectivity index (χ0) is 22.9. The molecule has 0 aliphatic carbocycles. The van der Waals surface area contributed by atoms with Crippen molar-refractivity contribution < 1.29 is 22.7 Å². The zero-order valence-corrected chi connectivity index (χ0v) is 18.8. The van der Waals surface area contributed by atoms with Gasteiger partial charge >= 0.3 is 0 Å². The number of amides is 1. The smallest absolute Gasteiger partial charge is 0.246 e. The molecule has 1 amide bonds. The van der Waals surface area contributed by atoms with E-state index in [0.29, 0.717) is 23.8 Å². The zero-order valence-electron chi connectivity index (χ0n) is 18.0. The maximum absolute atomic E-state index is 13.4. The summed E-state index contributed by atoms with van der Waals surface area (Å²) in [5.41, 5.74) is 1.85. The third-order valence-electron chi connectivity index (χ3n) is 5.21. The molecule has 1 heterocycles. The number of carbonyl (C=O) groups excluding carboxylic acids is 1. The van der Waals surface area contributed by atoms with Gasteiger partial charge in [0, 0.05) is 30.9 Å². The number of anilines is 1. The lowest BCUT2D eigenvalue weighted by molar-refractivity contribution is -0.116. The van der Waals surface area contributed by atoms with Crippen molar-refractivity contribution in [3.05, 3.63) is 77.9 Å². The highest BCUT2D eigenvalue weighted by atomic mass is 32.2. The molecule has 0 aromatic heterocycles. The monoisotopic (exact) mass is 452 g/mol. The minimum atomic E-state index is -3.77. The number of nitrogens with zero attached hydrogens (tertiary/aromatic N) is 1. The van der Waals surface area contributed by atoms with Gasteiger partial charge in [0.2, 0.25) is 15.9 Å². The molecule has 0 spiro atoms. The quantitative estimate of drug-likeness (QED) is 0.606. The Hall–Kier alpha value is -3.36. The first kappa shape index (κ1) is 21.9. The third-order valence-corrected chi connectivity index (χ3v) is 7.05. The van der Waals surface area contributed by atoms with Gasteiger partial charge in [-0.3, -0.25) is 4.79 Å². The van der Waals surface area contributed by atoms with Crippen molar-refractivity contribution in [1.82, 2.24) is 4.31 Å². The van der Waals surface area contributed by atoms with Crippen molar-refractivity contribution in [2.75, 3.05) is 26.0 Å². The van der Waals surface area contributed by atoms with Crippen LogP contribution in [0.1, 0.15) is 24.0 Å². The summed E-state index contributed by atoms with van der Waals surface area (Å²) in [4.78, 5) is 13.4. The SMILES string of the molecule is CCOc1ccc(NC(=O)C2c3ccccc3Oc3ccccc32)cc1S(=O)(=O)N(C)C. The van der Waals surface area contributed by atoms with Gasteiger partial charge < -0.3 is 14.8 Å². The molecule has 0 bridgehead atoms. The average Bonchev–Trinajstić information content (AvgIpc) is 2.78. The predicted molar refractivity (Wildman–Crippen MR) is 122 cm³/mol. The second-order valence-electron chi connectivity index (χ2n) is 7.48. The molecule has 0 unspecified atom stereocenters. The van der Waals surface area contributed by atoms with E-state index in [2.05, 4.69) is 5.32 Å². The lowest BCUT2D eigenvalue weighted by Gasteiger charge is -2.27. The van der Waals surface area contributed by atoms with Crippen LogP contribution in [-0.4, -0.2) is 39.3 Å². The van der Waals surface area contributed by atoms with Crippen LogP contribution >= 0.6 is 0 Å². The van der Waals surface area contributed by atoms with E-state index in [9.17, 15) is 13.2 Å². The first-order valence-electron chi connectivity index (χ1n) is 10.2. The van der Waals surface area contributed by atoms with E-state index >= 15 is 0 Å². The molecule has 0 fully saturated rings. The first-order valence-corrected chi connectivity index (χ1v) is 11.6. The number of carbonyl (C=O) groups is 1. The highest BCUT2D eigenvalue weighted by Gasteiger charge is 2.33. The van der Waals surface area contributed by atoms with Crippen molar-refractivity contribution in [2.45, 2.75) is 17.7 Å². The standard InChI is InChI=1S/C24H24N2O5S/c1-4-30-21-14-13-16(15-22(21)32(28,29)26(2)3)25-24(27)23-17-9-5-7-11-19(17)31-20-12-8-6-10-18(20)23/h5-15,23H,4H2,1-3H3,(H,25,27). The number of hydrogen-bond acceptors (Lipinski definition) is 5. The molecule has 3 aromatic rings. The summed E-state index contributed by atoms with van der Waals surface area (Å²) < 4.78 is 38.2.